The Kier molecular flexibility index (Phi) is 20.5. The summed E-state index contributed by atoms with van der Waals surface area (Å²) in [4.78, 5) is 45.4. The van der Waals surface area contributed by atoms with Crippen molar-refractivity contribution in [3.05, 3.63) is 191 Å². The molecule has 7 aliphatic heterocycles. The van der Waals surface area contributed by atoms with Gasteiger partial charge in [-0.25, -0.2) is 4.39 Å². The Morgan fingerprint density at radius 2 is 1.15 bits per heavy atom. The topological polar surface area (TPSA) is 227 Å². The van der Waals surface area contributed by atoms with Crippen LogP contribution in [0.4, 0.5) is 13.2 Å². The summed E-state index contributed by atoms with van der Waals surface area (Å²) in [6.45, 7) is 10.7. The number of benzene rings is 6. The largest absolute Gasteiger partial charge is 0.497 e. The van der Waals surface area contributed by atoms with Crippen LogP contribution in [0.25, 0.3) is 28.2 Å². The van der Waals surface area contributed by atoms with Gasteiger partial charge in [0.1, 0.15) is 58.7 Å². The first-order valence-electron chi connectivity index (χ1n) is 35.8. The average Bonchev–Trinajstić information content (AvgIpc) is 1.46. The van der Waals surface area contributed by atoms with Crippen LogP contribution < -0.4 is 42.6 Å². The number of carbonyl (C=O) groups excluding carboxylic acids is 3. The molecule has 109 heavy (non-hydrogen) atoms. The van der Waals surface area contributed by atoms with Crippen molar-refractivity contribution < 1.29 is 81.1 Å². The highest BCUT2D eigenvalue weighted by Crippen LogP contribution is 2.53. The number of fused-ring (bicyclic) bond motifs is 12. The molecule has 23 nitrogen and oxygen atoms in total. The molecule has 10 heterocycles. The normalized spacial score (nSPS) is 18.1. The molecule has 7 aliphatic rings. The molecular formula is C81H84Cl2F3N9O14. The van der Waals surface area contributed by atoms with Crippen molar-refractivity contribution in [2.24, 2.45) is 14.1 Å². The third-order valence-corrected chi connectivity index (χ3v) is 21.4. The third kappa shape index (κ3) is 14.7. The minimum absolute atomic E-state index is 0. The molecule has 16 rings (SSSR count). The lowest BCUT2D eigenvalue weighted by Gasteiger charge is -2.45. The van der Waals surface area contributed by atoms with Crippen molar-refractivity contribution in [3.63, 3.8) is 0 Å². The molecule has 0 aliphatic carbocycles. The number of amides is 3. The van der Waals surface area contributed by atoms with Gasteiger partial charge in [0.15, 0.2) is 40.0 Å². The number of halogens is 5. The maximum atomic E-state index is 13.9. The number of aromatic nitrogens is 5. The zero-order chi connectivity index (χ0) is 77.0. The van der Waals surface area contributed by atoms with E-state index in [4.69, 9.17) is 70.6 Å². The first-order chi connectivity index (χ1) is 52.2. The first kappa shape index (κ1) is 75.2. The zero-order valence-corrected chi connectivity index (χ0v) is 63.1. The molecular weight excluding hydrogens is 1450 g/mol. The third-order valence-electron chi connectivity index (χ3n) is 20.9. The smallest absolute Gasteiger partial charge is 0.444 e. The molecule has 0 saturated carbocycles. The van der Waals surface area contributed by atoms with Gasteiger partial charge in [-0.15, -0.1) is 0 Å². The lowest BCUT2D eigenvalue weighted by molar-refractivity contribution is -0.199. The molecule has 9 aromatic rings. The molecule has 3 spiro atoms. The number of hydrogen-bond donors (Lipinski definition) is 0. The maximum absolute atomic E-state index is 13.9. The second kappa shape index (κ2) is 29.8. The predicted octanol–water partition coefficient (Wildman–Crippen LogP) is 14.9. The maximum Gasteiger partial charge on any atom is 0.444 e. The minimum Gasteiger partial charge on any atom is -0.497 e. The number of rotatable bonds is 14. The molecule has 3 aromatic heterocycles. The number of methoxy groups -OCH3 is 3. The standard InChI is InChI=1S/C29H31ClN2O6.C27H28N4O4.C25H23ClF3N3O4.H2/c1-28(2)36-18-21(37-28)17-35-23-9-6-19(15-25(23)34-3)27(33)31-13-10-29(11-14-31)26-5-4-12-32(26)22-8-7-20(30)16-24(22)38-29;1-26(2,17-28)34-22-10-9-18(15-23(22)33-4)25(32)31-13-11-27(12-14-31)20-16-29-30(3)24(20)19-7-5-6-8-21(19)35-27;1-31-21-16-5-3-4-6-19(16)35-24(18(21)14-30-31)9-11-32(12-10-24)22(33)17-8-7-15(34-2)13-20(17)36-25(28,29)23(26)27;/h4-9,12,15-16,21H,10-11,13-14,17-18H2,1-3H3;5-10,15-16H,11-14H2,1-4H3;3-8,13-14,23H,9-12H2,1-2H3;1H/t21-;;;/m0.../s1. The summed E-state index contributed by atoms with van der Waals surface area (Å²) in [5.41, 5.74) is 3.24. The van der Waals surface area contributed by atoms with E-state index >= 15 is 0 Å². The minimum atomic E-state index is -4.34. The molecule has 0 bridgehead atoms. The molecule has 2 atom stereocenters. The number of carbonyl (C=O) groups is 3. The van der Waals surface area contributed by atoms with Gasteiger partial charge in [-0.3, -0.25) is 23.7 Å². The lowest BCUT2D eigenvalue weighted by atomic mass is 9.81. The van der Waals surface area contributed by atoms with E-state index in [1.165, 1.54) is 31.3 Å². The van der Waals surface area contributed by atoms with E-state index in [0.717, 1.165) is 68.3 Å². The van der Waals surface area contributed by atoms with Crippen molar-refractivity contribution >= 4 is 40.9 Å². The average molecular weight is 1540 g/mol. The molecule has 0 radical (unpaired) electrons. The van der Waals surface area contributed by atoms with Crippen molar-refractivity contribution in [2.45, 2.75) is 112 Å². The van der Waals surface area contributed by atoms with E-state index in [1.807, 2.05) is 126 Å². The zero-order valence-electron chi connectivity index (χ0n) is 61.6. The number of para-hydroxylation sites is 2. The Morgan fingerprint density at radius 1 is 0.624 bits per heavy atom. The van der Waals surface area contributed by atoms with E-state index < -0.39 is 51.6 Å². The van der Waals surface area contributed by atoms with E-state index in [1.54, 1.807) is 63.6 Å². The van der Waals surface area contributed by atoms with Gasteiger partial charge in [-0.1, -0.05) is 47.5 Å². The van der Waals surface area contributed by atoms with Gasteiger partial charge in [0.2, 0.25) is 0 Å². The molecule has 572 valence electrons. The summed E-state index contributed by atoms with van der Waals surface area (Å²) in [6.07, 6.45) is 4.84. The number of nitrogens with zero attached hydrogens (tertiary/aromatic N) is 9. The molecule has 4 fully saturated rings. The molecule has 28 heteroatoms. The summed E-state index contributed by atoms with van der Waals surface area (Å²) in [6, 6.07) is 41.9. The van der Waals surface area contributed by atoms with Crippen LogP contribution in [-0.4, -0.2) is 160 Å². The Labute approximate surface area is 639 Å². The van der Waals surface area contributed by atoms with Crippen LogP contribution in [0.1, 0.15) is 116 Å². The van der Waals surface area contributed by atoms with Gasteiger partial charge < -0.3 is 71.4 Å². The SMILES string of the molecule is COc1cc(C(=O)N2CCC3(CC2)Oc2cc(Cl)ccc2-n2cccc23)ccc1OC[C@H]1COC(C)(C)O1.COc1cc(C(=O)N2CCC3(CC2)Oc2ccccc2-c2c3cnn2C)ccc1OC(C)(C)C#N.COc1ccc(C(=O)N2CCC3(CC2)Oc2ccccc2-c2c3cnn2C)c(OC(F)(F)C(F)Cl)c1.[HH]. The van der Waals surface area contributed by atoms with Crippen LogP contribution in [0.5, 0.6) is 51.7 Å². The van der Waals surface area contributed by atoms with Crippen LogP contribution in [0.15, 0.2) is 152 Å². The van der Waals surface area contributed by atoms with E-state index in [9.17, 15) is 32.8 Å². The molecule has 1 unspecified atom stereocenters. The summed E-state index contributed by atoms with van der Waals surface area (Å²) >= 11 is 11.2. The molecule has 0 N–H and O–H groups in total. The highest BCUT2D eigenvalue weighted by Gasteiger charge is 2.50. The van der Waals surface area contributed by atoms with Gasteiger partial charge in [0.05, 0.1) is 68.7 Å². The highest BCUT2D eigenvalue weighted by atomic mass is 35.5. The fourth-order valence-corrected chi connectivity index (χ4v) is 15.5. The van der Waals surface area contributed by atoms with Gasteiger partial charge >= 0.3 is 6.11 Å². The number of piperidine rings is 3. The van der Waals surface area contributed by atoms with E-state index in [-0.39, 0.29) is 30.7 Å². The summed E-state index contributed by atoms with van der Waals surface area (Å²) in [7, 11) is 8.24. The van der Waals surface area contributed by atoms with Crippen molar-refractivity contribution in [1.29, 1.82) is 5.26 Å². The predicted molar refractivity (Wildman–Crippen MR) is 399 cm³/mol. The Balaban J connectivity index is 0.000000144. The van der Waals surface area contributed by atoms with Gasteiger partial charge in [0.25, 0.3) is 23.4 Å². The number of nitriles is 1. The first-order valence-corrected chi connectivity index (χ1v) is 36.6. The van der Waals surface area contributed by atoms with Crippen LogP contribution in [0.3, 0.4) is 0 Å². The fourth-order valence-electron chi connectivity index (χ4n) is 15.3. The Morgan fingerprint density at radius 3 is 1.67 bits per heavy atom. The Hall–Kier alpha value is -10.6. The fraction of sp³-hybridized carbons (Fsp3) is 0.383. The van der Waals surface area contributed by atoms with Crippen molar-refractivity contribution in [3.8, 4) is 86.0 Å². The summed E-state index contributed by atoms with van der Waals surface area (Å²) < 4.78 is 110. The van der Waals surface area contributed by atoms with Crippen LogP contribution in [-0.2, 0) is 40.4 Å². The van der Waals surface area contributed by atoms with Gasteiger partial charge in [-0.05, 0) is 125 Å². The quantitative estimate of drug-likeness (QED) is 0.0922. The van der Waals surface area contributed by atoms with Crippen LogP contribution in [0, 0.1) is 11.3 Å². The van der Waals surface area contributed by atoms with Crippen LogP contribution in [0.2, 0.25) is 5.02 Å². The number of aryl methyl sites for hydroxylation is 2. The summed E-state index contributed by atoms with van der Waals surface area (Å²) in [5, 5.41) is 18.9. The molecule has 6 aromatic carbocycles. The summed E-state index contributed by atoms with van der Waals surface area (Å²) in [5.74, 6) is 2.63. The molecule has 3 amide bonds. The Bertz CT molecular complexity index is 4980. The number of alkyl halides is 4. The van der Waals surface area contributed by atoms with E-state index in [0.29, 0.717) is 130 Å². The number of hydrogen-bond acceptors (Lipinski definition) is 17. The monoisotopic (exact) mass is 1530 g/mol. The van der Waals surface area contributed by atoms with Crippen LogP contribution >= 0.6 is 23.2 Å². The van der Waals surface area contributed by atoms with Crippen molar-refractivity contribution in [2.75, 3.05) is 73.8 Å². The number of likely N-dealkylation sites (tertiary alicyclic amines) is 3. The van der Waals surface area contributed by atoms with Gasteiger partial charge in [0, 0.05) is 150 Å². The molecule has 4 saturated heterocycles. The van der Waals surface area contributed by atoms with E-state index in [2.05, 4.69) is 37.7 Å². The van der Waals surface area contributed by atoms with Crippen molar-refractivity contribution in [1.82, 2.24) is 38.8 Å². The number of ether oxygens (including phenoxy) is 11. The van der Waals surface area contributed by atoms with Gasteiger partial charge in [-0.2, -0.15) is 24.2 Å². The highest BCUT2D eigenvalue weighted by molar-refractivity contribution is 6.30. The second-order valence-electron chi connectivity index (χ2n) is 28.6. The lowest BCUT2D eigenvalue weighted by Crippen LogP contribution is -2.50. The second-order valence-corrected chi connectivity index (χ2v) is 29.5.